The van der Waals surface area contributed by atoms with E-state index in [0.717, 1.165) is 12.2 Å². The first-order valence-electron chi connectivity index (χ1n) is 4.53. The van der Waals surface area contributed by atoms with Gasteiger partial charge in [-0.3, -0.25) is 0 Å². The van der Waals surface area contributed by atoms with Gasteiger partial charge in [-0.1, -0.05) is 30.2 Å². The Labute approximate surface area is 100 Å². The Bertz CT molecular complexity index is 536. The van der Waals surface area contributed by atoms with Crippen LogP contribution in [0.2, 0.25) is 0 Å². The Balaban J connectivity index is 3.44. The molecule has 1 aliphatic carbocycles. The third-order valence-electron chi connectivity index (χ3n) is 2.43. The molecule has 2 nitrogen and oxygen atoms in total. The van der Waals surface area contributed by atoms with Crippen LogP contribution in [0.25, 0.3) is 0 Å². The van der Waals surface area contributed by atoms with Crippen LogP contribution in [0, 0.1) is 12.3 Å². The predicted molar refractivity (Wildman–Crippen MR) is 54.4 cm³/mol. The molecule has 0 aliphatic heterocycles. The molecular weight excluding hydrogens is 279 g/mol. The van der Waals surface area contributed by atoms with E-state index in [2.05, 4.69) is 0 Å². The normalized spacial score (nSPS) is 24.9. The van der Waals surface area contributed by atoms with Crippen molar-refractivity contribution in [2.45, 2.75) is 22.6 Å². The Morgan fingerprint density at radius 2 is 1.72 bits per heavy atom. The van der Waals surface area contributed by atoms with E-state index in [1.807, 2.05) is 0 Å². The molecule has 0 saturated heterocycles. The zero-order chi connectivity index (χ0) is 14.2. The average Bonchev–Trinajstić information content (AvgIpc) is 2.28. The molecule has 0 aromatic heterocycles. The third-order valence-corrected chi connectivity index (χ3v) is 4.71. The molecule has 0 heterocycles. The van der Waals surface area contributed by atoms with Crippen LogP contribution >= 0.6 is 0 Å². The van der Waals surface area contributed by atoms with Crippen molar-refractivity contribution in [2.24, 2.45) is 0 Å². The van der Waals surface area contributed by atoms with Gasteiger partial charge in [-0.2, -0.15) is 22.0 Å². The summed E-state index contributed by atoms with van der Waals surface area (Å²) in [5.41, 5.74) is 0. The van der Waals surface area contributed by atoms with E-state index in [0.29, 0.717) is 6.08 Å². The molecule has 0 radical (unpaired) electrons. The van der Waals surface area contributed by atoms with Crippen molar-refractivity contribution in [1.82, 2.24) is 0 Å². The second-order valence-electron chi connectivity index (χ2n) is 3.54. The Morgan fingerprint density at radius 1 is 1.17 bits per heavy atom. The van der Waals surface area contributed by atoms with Crippen LogP contribution in [-0.4, -0.2) is 24.6 Å². The molecule has 1 atom stereocenters. The summed E-state index contributed by atoms with van der Waals surface area (Å²) in [6, 6.07) is 0. The summed E-state index contributed by atoms with van der Waals surface area (Å²) in [4.78, 5) is 0. The molecule has 0 spiro atoms. The number of rotatable bonds is 2. The van der Waals surface area contributed by atoms with Crippen molar-refractivity contribution in [3.8, 4) is 12.3 Å². The molecule has 0 fully saturated rings. The molecule has 0 aromatic carbocycles. The van der Waals surface area contributed by atoms with Crippen molar-refractivity contribution in [1.29, 1.82) is 0 Å². The second-order valence-corrected chi connectivity index (χ2v) is 5.79. The van der Waals surface area contributed by atoms with Crippen molar-refractivity contribution >= 4 is 9.84 Å². The van der Waals surface area contributed by atoms with E-state index in [9.17, 15) is 30.4 Å². The molecule has 8 heteroatoms. The van der Waals surface area contributed by atoms with Gasteiger partial charge in [0.05, 0.1) is 0 Å². The van der Waals surface area contributed by atoms with Crippen LogP contribution in [0.3, 0.4) is 0 Å². The van der Waals surface area contributed by atoms with E-state index >= 15 is 0 Å². The average molecular weight is 286 g/mol. The molecule has 0 saturated carbocycles. The van der Waals surface area contributed by atoms with Crippen LogP contribution in [-0.2, 0) is 9.84 Å². The van der Waals surface area contributed by atoms with Crippen LogP contribution in [0.15, 0.2) is 24.3 Å². The lowest BCUT2D eigenvalue weighted by molar-refractivity contribution is -0.241. The van der Waals surface area contributed by atoms with Crippen LogP contribution in [0.1, 0.15) is 6.42 Å². The maximum atomic E-state index is 13.1. The Kier molecular flexibility index (Phi) is 3.34. The fourth-order valence-corrected chi connectivity index (χ4v) is 2.86. The van der Waals surface area contributed by atoms with E-state index in [1.54, 1.807) is 0 Å². The Hall–Kier alpha value is -1.36. The highest BCUT2D eigenvalue weighted by molar-refractivity contribution is 7.94. The van der Waals surface area contributed by atoms with Gasteiger partial charge in [0.25, 0.3) is 0 Å². The smallest absolute Gasteiger partial charge is 0.220 e. The maximum absolute atomic E-state index is 13.1. The third kappa shape index (κ3) is 1.82. The topological polar surface area (TPSA) is 34.1 Å². The predicted octanol–water partition coefficient (Wildman–Crippen LogP) is 2.44. The fourth-order valence-electron chi connectivity index (χ4n) is 1.37. The number of hydrogen-bond donors (Lipinski definition) is 0. The molecular formula is C10H7F5O2S. The van der Waals surface area contributed by atoms with Crippen LogP contribution < -0.4 is 0 Å². The molecule has 18 heavy (non-hydrogen) atoms. The zero-order valence-corrected chi connectivity index (χ0v) is 9.52. The molecule has 0 bridgehead atoms. The summed E-state index contributed by atoms with van der Waals surface area (Å²) >= 11 is 0. The molecule has 0 aromatic rings. The van der Waals surface area contributed by atoms with Gasteiger partial charge in [-0.15, -0.1) is 6.42 Å². The number of allylic oxidation sites excluding steroid dienone is 3. The Morgan fingerprint density at radius 3 is 2.06 bits per heavy atom. The minimum atomic E-state index is -6.22. The number of halogens is 5. The van der Waals surface area contributed by atoms with Crippen molar-refractivity contribution in [3.05, 3.63) is 24.3 Å². The lowest BCUT2D eigenvalue weighted by Crippen LogP contribution is -2.53. The molecule has 1 aliphatic rings. The van der Waals surface area contributed by atoms with Crippen LogP contribution in [0.4, 0.5) is 22.0 Å². The highest BCUT2D eigenvalue weighted by Crippen LogP contribution is 2.46. The number of terminal acetylenes is 1. The number of sulfone groups is 1. The lowest BCUT2D eigenvalue weighted by atomic mass is 10.0. The maximum Gasteiger partial charge on any atom is 0.469 e. The summed E-state index contributed by atoms with van der Waals surface area (Å²) in [5.74, 6) is 1.53. The minimum Gasteiger partial charge on any atom is -0.220 e. The molecule has 1 unspecified atom stereocenters. The second kappa shape index (κ2) is 4.09. The highest BCUT2D eigenvalue weighted by Gasteiger charge is 2.71. The zero-order valence-electron chi connectivity index (χ0n) is 8.71. The molecule has 0 amide bonds. The monoisotopic (exact) mass is 286 g/mol. The van der Waals surface area contributed by atoms with Gasteiger partial charge in [0.1, 0.15) is 0 Å². The van der Waals surface area contributed by atoms with Gasteiger partial charge in [0, 0.05) is 6.42 Å². The summed E-state index contributed by atoms with van der Waals surface area (Å²) in [7, 11) is -5.96. The van der Waals surface area contributed by atoms with E-state index < -0.39 is 32.4 Å². The number of hydrogen-bond acceptors (Lipinski definition) is 2. The van der Waals surface area contributed by atoms with Gasteiger partial charge in [-0.25, -0.2) is 8.42 Å². The molecule has 1 rings (SSSR count). The van der Waals surface area contributed by atoms with Gasteiger partial charge >= 0.3 is 11.4 Å². The standard InChI is InChI=1S/C10H7F5O2S/c1-2-8(6-4-3-5-7-8)18(16,17)10(14,15)9(11,12)13/h1,3-6H,7H2. The summed E-state index contributed by atoms with van der Waals surface area (Å²) in [5, 5.41) is -5.90. The fraction of sp³-hybridized carbons (Fsp3) is 0.400. The number of alkyl halides is 5. The highest BCUT2D eigenvalue weighted by atomic mass is 32.2. The lowest BCUT2D eigenvalue weighted by Gasteiger charge is -2.30. The summed E-state index contributed by atoms with van der Waals surface area (Å²) < 4.78 is 82.9. The first kappa shape index (κ1) is 14.7. The first-order chi connectivity index (χ1) is 8.02. The van der Waals surface area contributed by atoms with Crippen molar-refractivity contribution < 1.29 is 30.4 Å². The summed E-state index contributed by atoms with van der Waals surface area (Å²) in [6.45, 7) is 0. The van der Waals surface area contributed by atoms with E-state index in [4.69, 9.17) is 6.42 Å². The van der Waals surface area contributed by atoms with Gasteiger partial charge in [0.2, 0.25) is 9.84 Å². The van der Waals surface area contributed by atoms with Crippen molar-refractivity contribution in [2.75, 3.05) is 0 Å². The molecule has 0 N–H and O–H groups in total. The van der Waals surface area contributed by atoms with Gasteiger partial charge < -0.3 is 0 Å². The van der Waals surface area contributed by atoms with Crippen LogP contribution in [0.5, 0.6) is 0 Å². The van der Waals surface area contributed by atoms with E-state index in [1.165, 1.54) is 12.0 Å². The first-order valence-corrected chi connectivity index (χ1v) is 6.01. The molecule has 100 valence electrons. The minimum absolute atomic E-state index is 0.631. The van der Waals surface area contributed by atoms with Crippen molar-refractivity contribution in [3.63, 3.8) is 0 Å². The quantitative estimate of drug-likeness (QED) is 0.577. The van der Waals surface area contributed by atoms with Gasteiger partial charge in [0.15, 0.2) is 4.75 Å². The SMILES string of the molecule is C#CC1(S(=O)(=O)C(F)(F)C(F)(F)F)C=CC=CC1. The largest absolute Gasteiger partial charge is 0.469 e. The van der Waals surface area contributed by atoms with Gasteiger partial charge in [-0.05, 0) is 0 Å². The van der Waals surface area contributed by atoms with E-state index in [-0.39, 0.29) is 0 Å². The summed E-state index contributed by atoms with van der Waals surface area (Å²) in [6.07, 6.45) is 2.09.